The van der Waals surface area contributed by atoms with Crippen molar-refractivity contribution in [2.75, 3.05) is 6.54 Å². The Bertz CT molecular complexity index is 778. The third-order valence-corrected chi connectivity index (χ3v) is 4.45. The first kappa shape index (κ1) is 19.7. The number of benzene rings is 1. The van der Waals surface area contributed by atoms with Crippen molar-refractivity contribution < 1.29 is 13.9 Å². The SMILES string of the molecule is C=CCNC(=O)C(C)Sc1nnc(COc2ccccc2F)n1CC=C. The molecule has 26 heavy (non-hydrogen) atoms. The normalized spacial score (nSPS) is 11.6. The van der Waals surface area contributed by atoms with Gasteiger partial charge in [-0.3, -0.25) is 9.36 Å². The quantitative estimate of drug-likeness (QED) is 0.510. The van der Waals surface area contributed by atoms with Gasteiger partial charge in [0.05, 0.1) is 5.25 Å². The minimum Gasteiger partial charge on any atom is -0.483 e. The molecule has 1 atom stereocenters. The number of carbonyl (C=O) groups is 1. The first-order chi connectivity index (χ1) is 12.6. The summed E-state index contributed by atoms with van der Waals surface area (Å²) in [7, 11) is 0. The molecule has 1 aromatic heterocycles. The molecule has 0 bridgehead atoms. The van der Waals surface area contributed by atoms with E-state index in [1.807, 2.05) is 0 Å². The second-order valence-electron chi connectivity index (χ2n) is 5.31. The van der Waals surface area contributed by atoms with Gasteiger partial charge in [0.15, 0.2) is 22.5 Å². The summed E-state index contributed by atoms with van der Waals surface area (Å²) in [6.45, 7) is 9.99. The molecule has 1 amide bonds. The third kappa shape index (κ3) is 5.19. The van der Waals surface area contributed by atoms with E-state index >= 15 is 0 Å². The molecule has 6 nitrogen and oxygen atoms in total. The summed E-state index contributed by atoms with van der Waals surface area (Å²) >= 11 is 1.28. The summed E-state index contributed by atoms with van der Waals surface area (Å²) in [6.07, 6.45) is 3.32. The topological polar surface area (TPSA) is 69.0 Å². The summed E-state index contributed by atoms with van der Waals surface area (Å²) in [5.74, 6) is 0.109. The van der Waals surface area contributed by atoms with Crippen LogP contribution >= 0.6 is 11.8 Å². The first-order valence-electron chi connectivity index (χ1n) is 8.02. The van der Waals surface area contributed by atoms with E-state index in [-0.39, 0.29) is 23.5 Å². The Hall–Kier alpha value is -2.61. The Morgan fingerprint density at radius 1 is 1.38 bits per heavy atom. The number of ether oxygens (including phenoxy) is 1. The summed E-state index contributed by atoms with van der Waals surface area (Å²) in [6, 6.07) is 6.16. The van der Waals surface area contributed by atoms with E-state index < -0.39 is 5.82 Å². The van der Waals surface area contributed by atoms with Crippen LogP contribution in [-0.4, -0.2) is 32.5 Å². The number of hydrogen-bond acceptors (Lipinski definition) is 5. The molecule has 0 fully saturated rings. The first-order valence-corrected chi connectivity index (χ1v) is 8.90. The molecule has 0 aliphatic rings. The smallest absolute Gasteiger partial charge is 0.233 e. The molecule has 0 saturated heterocycles. The maximum absolute atomic E-state index is 13.7. The van der Waals surface area contributed by atoms with E-state index in [2.05, 4.69) is 28.7 Å². The molecule has 0 saturated carbocycles. The second-order valence-corrected chi connectivity index (χ2v) is 6.62. The minimum absolute atomic E-state index is 0.0549. The minimum atomic E-state index is -0.440. The molecule has 1 unspecified atom stereocenters. The van der Waals surface area contributed by atoms with Crippen molar-refractivity contribution in [3.8, 4) is 5.75 Å². The van der Waals surface area contributed by atoms with Gasteiger partial charge in [-0.1, -0.05) is 36.0 Å². The lowest BCUT2D eigenvalue weighted by atomic mass is 10.3. The maximum atomic E-state index is 13.7. The van der Waals surface area contributed by atoms with Crippen molar-refractivity contribution in [3.05, 3.63) is 61.2 Å². The second kappa shape index (κ2) is 9.76. The Balaban J connectivity index is 2.09. The van der Waals surface area contributed by atoms with Crippen LogP contribution in [-0.2, 0) is 17.9 Å². The van der Waals surface area contributed by atoms with E-state index in [1.165, 1.54) is 17.8 Å². The molecule has 0 aliphatic carbocycles. The standard InChI is InChI=1S/C18H21FN4O2S/c1-4-10-20-17(24)13(3)26-18-22-21-16(23(18)11-5-2)12-25-15-9-7-6-8-14(15)19/h4-9,13H,1-2,10-12H2,3H3,(H,20,24). The van der Waals surface area contributed by atoms with Crippen LogP contribution in [0.5, 0.6) is 5.75 Å². The fraction of sp³-hybridized carbons (Fsp3) is 0.278. The highest BCUT2D eigenvalue weighted by atomic mass is 32.2. The lowest BCUT2D eigenvalue weighted by Gasteiger charge is -2.12. The predicted molar refractivity (Wildman–Crippen MR) is 99.5 cm³/mol. The van der Waals surface area contributed by atoms with Crippen LogP contribution in [0.4, 0.5) is 4.39 Å². The molecule has 2 aromatic rings. The molecule has 0 radical (unpaired) electrons. The van der Waals surface area contributed by atoms with Crippen molar-refractivity contribution in [3.63, 3.8) is 0 Å². The van der Waals surface area contributed by atoms with Gasteiger partial charge in [-0.05, 0) is 19.1 Å². The van der Waals surface area contributed by atoms with Gasteiger partial charge in [-0.2, -0.15) is 0 Å². The fourth-order valence-electron chi connectivity index (χ4n) is 2.06. The van der Waals surface area contributed by atoms with E-state index in [4.69, 9.17) is 4.74 Å². The molecule has 1 heterocycles. The van der Waals surface area contributed by atoms with Crippen molar-refractivity contribution in [1.82, 2.24) is 20.1 Å². The molecule has 1 aromatic carbocycles. The molecular weight excluding hydrogens is 355 g/mol. The third-order valence-electron chi connectivity index (χ3n) is 3.37. The van der Waals surface area contributed by atoms with Crippen LogP contribution in [0.25, 0.3) is 0 Å². The number of allylic oxidation sites excluding steroid dienone is 1. The Labute approximate surface area is 156 Å². The summed E-state index contributed by atoms with van der Waals surface area (Å²) < 4.78 is 21.0. The zero-order valence-electron chi connectivity index (χ0n) is 14.5. The fourth-order valence-corrected chi connectivity index (χ4v) is 2.96. The van der Waals surface area contributed by atoms with Crippen LogP contribution in [0.15, 0.2) is 54.7 Å². The molecule has 0 spiro atoms. The highest BCUT2D eigenvalue weighted by molar-refractivity contribution is 8.00. The van der Waals surface area contributed by atoms with Crippen molar-refractivity contribution in [2.45, 2.75) is 30.5 Å². The lowest BCUT2D eigenvalue weighted by molar-refractivity contribution is -0.120. The van der Waals surface area contributed by atoms with Crippen LogP contribution in [0.3, 0.4) is 0 Å². The largest absolute Gasteiger partial charge is 0.483 e. The lowest BCUT2D eigenvalue weighted by Crippen LogP contribution is -2.31. The van der Waals surface area contributed by atoms with Gasteiger partial charge in [-0.25, -0.2) is 4.39 Å². The van der Waals surface area contributed by atoms with Gasteiger partial charge in [0.2, 0.25) is 5.91 Å². The zero-order valence-corrected chi connectivity index (χ0v) is 15.3. The number of aromatic nitrogens is 3. The number of nitrogens with one attached hydrogen (secondary N) is 1. The Morgan fingerprint density at radius 2 is 2.15 bits per heavy atom. The van der Waals surface area contributed by atoms with Crippen molar-refractivity contribution >= 4 is 17.7 Å². The highest BCUT2D eigenvalue weighted by Crippen LogP contribution is 2.23. The van der Waals surface area contributed by atoms with E-state index in [0.717, 1.165) is 0 Å². The molecule has 138 valence electrons. The summed E-state index contributed by atoms with van der Waals surface area (Å²) in [4.78, 5) is 12.0. The Kier molecular flexibility index (Phi) is 7.40. The number of rotatable bonds is 10. The maximum Gasteiger partial charge on any atom is 0.233 e. The number of carbonyl (C=O) groups excluding carboxylic acids is 1. The number of halogens is 1. The van der Waals surface area contributed by atoms with E-state index in [1.54, 1.807) is 41.8 Å². The highest BCUT2D eigenvalue weighted by Gasteiger charge is 2.19. The van der Waals surface area contributed by atoms with Gasteiger partial charge in [0.1, 0.15) is 6.61 Å². The van der Waals surface area contributed by atoms with Crippen molar-refractivity contribution in [2.24, 2.45) is 0 Å². The number of para-hydroxylation sites is 1. The zero-order chi connectivity index (χ0) is 18.9. The number of thioether (sulfide) groups is 1. The van der Waals surface area contributed by atoms with Gasteiger partial charge in [0, 0.05) is 13.1 Å². The van der Waals surface area contributed by atoms with Crippen LogP contribution in [0.1, 0.15) is 12.7 Å². The van der Waals surface area contributed by atoms with Crippen molar-refractivity contribution in [1.29, 1.82) is 0 Å². The monoisotopic (exact) mass is 376 g/mol. The van der Waals surface area contributed by atoms with E-state index in [9.17, 15) is 9.18 Å². The van der Waals surface area contributed by atoms with Gasteiger partial charge >= 0.3 is 0 Å². The molecule has 0 aliphatic heterocycles. The van der Waals surface area contributed by atoms with Gasteiger partial charge in [0.25, 0.3) is 0 Å². The Morgan fingerprint density at radius 3 is 2.85 bits per heavy atom. The van der Waals surface area contributed by atoms with Crippen LogP contribution in [0, 0.1) is 5.82 Å². The number of nitrogens with zero attached hydrogens (tertiary/aromatic N) is 3. The molecule has 8 heteroatoms. The molecule has 1 N–H and O–H groups in total. The average molecular weight is 376 g/mol. The molecule has 2 rings (SSSR count). The van der Waals surface area contributed by atoms with E-state index in [0.29, 0.717) is 24.1 Å². The predicted octanol–water partition coefficient (Wildman–Crippen LogP) is 2.97. The number of amides is 1. The summed E-state index contributed by atoms with van der Waals surface area (Å²) in [5.41, 5.74) is 0. The van der Waals surface area contributed by atoms with Gasteiger partial charge < -0.3 is 10.1 Å². The summed E-state index contributed by atoms with van der Waals surface area (Å²) in [5, 5.41) is 11.2. The van der Waals surface area contributed by atoms with Gasteiger partial charge in [-0.15, -0.1) is 23.4 Å². The number of hydrogen-bond donors (Lipinski definition) is 1. The molecular formula is C18H21FN4O2S. The van der Waals surface area contributed by atoms with Crippen LogP contribution < -0.4 is 10.1 Å². The average Bonchev–Trinajstić information content (AvgIpc) is 3.01. The van der Waals surface area contributed by atoms with Crippen LogP contribution in [0.2, 0.25) is 0 Å².